The summed E-state index contributed by atoms with van der Waals surface area (Å²) in [5.41, 5.74) is 8.17. The third-order valence-corrected chi connectivity index (χ3v) is 3.95. The molecule has 88 valence electrons. The van der Waals surface area contributed by atoms with Crippen LogP contribution in [0.5, 0.6) is 0 Å². The maximum absolute atomic E-state index is 12.2. The average Bonchev–Trinajstić information content (AvgIpc) is 2.33. The summed E-state index contributed by atoms with van der Waals surface area (Å²) in [7, 11) is -1.10. The zero-order chi connectivity index (χ0) is 12.3. The van der Waals surface area contributed by atoms with Gasteiger partial charge in [-0.25, -0.2) is 0 Å². The Morgan fingerprint density at radius 3 is 2.82 bits per heavy atom. The molecule has 0 aliphatic heterocycles. The van der Waals surface area contributed by atoms with Crippen LogP contribution in [-0.2, 0) is 16.6 Å². The number of hydrogen-bond donors (Lipinski definition) is 1. The zero-order valence-electron chi connectivity index (χ0n) is 9.59. The van der Waals surface area contributed by atoms with Crippen LogP contribution in [0.25, 0.3) is 0 Å². The Hall–Kier alpha value is -1.68. The van der Waals surface area contributed by atoms with Gasteiger partial charge in [-0.1, -0.05) is 12.1 Å². The first-order chi connectivity index (χ1) is 8.16. The number of rotatable bonds is 3. The smallest absolute Gasteiger partial charge is 0.0705 e. The molecule has 0 aliphatic carbocycles. The number of nitrogens with two attached hydrogens (primary N) is 1. The van der Waals surface area contributed by atoms with Gasteiger partial charge in [0.25, 0.3) is 0 Å². The van der Waals surface area contributed by atoms with Crippen molar-refractivity contribution in [3.63, 3.8) is 0 Å². The Morgan fingerprint density at radius 2 is 2.12 bits per heavy atom. The van der Waals surface area contributed by atoms with Gasteiger partial charge < -0.3 is 5.73 Å². The third kappa shape index (κ3) is 2.91. The van der Waals surface area contributed by atoms with E-state index in [1.165, 1.54) is 0 Å². The average molecular weight is 246 g/mol. The molecule has 1 aromatic carbocycles. The van der Waals surface area contributed by atoms with E-state index in [9.17, 15) is 4.21 Å². The highest BCUT2D eigenvalue weighted by Gasteiger charge is 2.09. The molecule has 1 heterocycles. The lowest BCUT2D eigenvalue weighted by molar-refractivity contribution is 0.681. The van der Waals surface area contributed by atoms with Crippen LogP contribution in [0.2, 0.25) is 0 Å². The summed E-state index contributed by atoms with van der Waals surface area (Å²) in [6, 6.07) is 11.1. The normalized spacial score (nSPS) is 12.3. The molecule has 4 heteroatoms. The van der Waals surface area contributed by atoms with E-state index in [0.29, 0.717) is 11.4 Å². The molecule has 0 radical (unpaired) electrons. The van der Waals surface area contributed by atoms with Gasteiger partial charge in [0.05, 0.1) is 22.2 Å². The van der Waals surface area contributed by atoms with Crippen LogP contribution >= 0.6 is 0 Å². The maximum atomic E-state index is 12.2. The Kier molecular flexibility index (Phi) is 3.54. The molecule has 2 aromatic rings. The number of aromatic nitrogens is 1. The van der Waals surface area contributed by atoms with Gasteiger partial charge in [0, 0.05) is 16.8 Å². The molecule has 1 atom stereocenters. The largest absolute Gasteiger partial charge is 0.399 e. The summed E-state index contributed by atoms with van der Waals surface area (Å²) in [6.45, 7) is 1.94. The Balaban J connectivity index is 2.23. The van der Waals surface area contributed by atoms with E-state index in [4.69, 9.17) is 5.73 Å². The second-order valence-corrected chi connectivity index (χ2v) is 5.26. The molecule has 1 unspecified atom stereocenters. The van der Waals surface area contributed by atoms with Crippen molar-refractivity contribution in [3.05, 3.63) is 53.9 Å². The monoisotopic (exact) mass is 246 g/mol. The molecule has 0 aliphatic rings. The first kappa shape index (κ1) is 11.8. The van der Waals surface area contributed by atoms with Gasteiger partial charge >= 0.3 is 0 Å². The molecule has 0 saturated heterocycles. The highest BCUT2D eigenvalue weighted by Crippen LogP contribution is 2.18. The highest BCUT2D eigenvalue weighted by atomic mass is 32.2. The molecule has 2 N–H and O–H groups in total. The minimum atomic E-state index is -1.10. The number of nitrogen functional groups attached to an aromatic ring is 1. The number of hydrogen-bond acceptors (Lipinski definition) is 3. The number of pyridine rings is 1. The lowest BCUT2D eigenvalue weighted by Crippen LogP contribution is -2.01. The lowest BCUT2D eigenvalue weighted by atomic mass is 10.2. The van der Waals surface area contributed by atoms with E-state index >= 15 is 0 Å². The van der Waals surface area contributed by atoms with Crippen LogP contribution in [0.15, 0.2) is 47.5 Å². The predicted molar refractivity (Wildman–Crippen MR) is 69.9 cm³/mol. The molecule has 3 nitrogen and oxygen atoms in total. The molecule has 0 fully saturated rings. The van der Waals surface area contributed by atoms with Crippen molar-refractivity contribution in [1.29, 1.82) is 0 Å². The van der Waals surface area contributed by atoms with Crippen molar-refractivity contribution in [2.45, 2.75) is 17.6 Å². The molecule has 0 amide bonds. The first-order valence-corrected chi connectivity index (χ1v) is 6.63. The molecule has 0 spiro atoms. The number of aryl methyl sites for hydroxylation is 1. The van der Waals surface area contributed by atoms with Crippen LogP contribution in [-0.4, -0.2) is 9.19 Å². The first-order valence-electron chi connectivity index (χ1n) is 5.31. The summed E-state index contributed by atoms with van der Waals surface area (Å²) in [5.74, 6) is 0.422. The Labute approximate surface area is 103 Å². The summed E-state index contributed by atoms with van der Waals surface area (Å²) in [5, 5.41) is 0. The second-order valence-electron chi connectivity index (χ2n) is 3.84. The van der Waals surface area contributed by atoms with Gasteiger partial charge in [-0.05, 0) is 36.8 Å². The fourth-order valence-corrected chi connectivity index (χ4v) is 2.85. The van der Waals surface area contributed by atoms with Crippen LogP contribution in [0.4, 0.5) is 5.69 Å². The molecule has 1 aromatic heterocycles. The number of anilines is 1. The number of benzene rings is 1. The van der Waals surface area contributed by atoms with Crippen molar-refractivity contribution >= 4 is 16.5 Å². The third-order valence-electron chi connectivity index (χ3n) is 2.46. The summed E-state index contributed by atoms with van der Waals surface area (Å²) < 4.78 is 12.2. The van der Waals surface area contributed by atoms with Crippen molar-refractivity contribution in [2.24, 2.45) is 0 Å². The fraction of sp³-hybridized carbons (Fsp3) is 0.154. The summed E-state index contributed by atoms with van der Waals surface area (Å²) >= 11 is 0. The maximum Gasteiger partial charge on any atom is 0.0705 e. The minimum Gasteiger partial charge on any atom is -0.399 e. The Morgan fingerprint density at radius 1 is 1.29 bits per heavy atom. The Bertz CT molecular complexity index is 540. The van der Waals surface area contributed by atoms with Gasteiger partial charge in [0.2, 0.25) is 0 Å². The van der Waals surface area contributed by atoms with E-state index in [-0.39, 0.29) is 0 Å². The van der Waals surface area contributed by atoms with Crippen LogP contribution in [0.1, 0.15) is 11.3 Å². The molecule has 0 bridgehead atoms. The van der Waals surface area contributed by atoms with Gasteiger partial charge in [-0.3, -0.25) is 9.19 Å². The van der Waals surface area contributed by atoms with E-state index in [1.807, 2.05) is 37.3 Å². The van der Waals surface area contributed by atoms with Crippen molar-refractivity contribution < 1.29 is 4.21 Å². The van der Waals surface area contributed by atoms with E-state index < -0.39 is 10.8 Å². The molecular formula is C13H14N2OS. The number of nitrogens with zero attached hydrogens (tertiary/aromatic N) is 1. The topological polar surface area (TPSA) is 56.0 Å². The van der Waals surface area contributed by atoms with E-state index in [2.05, 4.69) is 4.98 Å². The van der Waals surface area contributed by atoms with E-state index in [1.54, 1.807) is 12.3 Å². The lowest BCUT2D eigenvalue weighted by Gasteiger charge is -2.06. The zero-order valence-corrected chi connectivity index (χ0v) is 10.4. The van der Waals surface area contributed by atoms with Crippen molar-refractivity contribution in [1.82, 2.24) is 4.98 Å². The molecule has 17 heavy (non-hydrogen) atoms. The van der Waals surface area contributed by atoms with E-state index in [0.717, 1.165) is 16.2 Å². The molecule has 0 saturated carbocycles. The van der Waals surface area contributed by atoms with Crippen LogP contribution < -0.4 is 5.73 Å². The van der Waals surface area contributed by atoms with Crippen LogP contribution in [0, 0.1) is 6.92 Å². The standard InChI is InChI=1S/C13H14N2OS/c1-10-5-6-11(14)8-13(10)17(16)9-12-4-2-3-7-15-12/h2-8H,9,14H2,1H3. The van der Waals surface area contributed by atoms with Gasteiger partial charge in [0.1, 0.15) is 0 Å². The quantitative estimate of drug-likeness (QED) is 0.845. The van der Waals surface area contributed by atoms with Gasteiger partial charge in [0.15, 0.2) is 0 Å². The van der Waals surface area contributed by atoms with Crippen LogP contribution in [0.3, 0.4) is 0 Å². The minimum absolute atomic E-state index is 0.422. The predicted octanol–water partition coefficient (Wildman–Crippen LogP) is 2.28. The molecular weight excluding hydrogens is 232 g/mol. The molecule has 2 rings (SSSR count). The summed E-state index contributed by atoms with van der Waals surface area (Å²) in [4.78, 5) is 4.96. The second kappa shape index (κ2) is 5.10. The van der Waals surface area contributed by atoms with Gasteiger partial charge in [-0.15, -0.1) is 0 Å². The van der Waals surface area contributed by atoms with Crippen molar-refractivity contribution in [2.75, 3.05) is 5.73 Å². The highest BCUT2D eigenvalue weighted by molar-refractivity contribution is 7.84. The van der Waals surface area contributed by atoms with Crippen molar-refractivity contribution in [3.8, 4) is 0 Å². The SMILES string of the molecule is Cc1ccc(N)cc1S(=O)Cc1ccccn1. The van der Waals surface area contributed by atoms with Gasteiger partial charge in [-0.2, -0.15) is 0 Å². The fourth-order valence-electron chi connectivity index (χ4n) is 1.56. The summed E-state index contributed by atoms with van der Waals surface area (Å²) in [6.07, 6.45) is 1.71.